The molecule has 0 unspecified atom stereocenters. The van der Waals surface area contributed by atoms with Crippen molar-refractivity contribution in [3.05, 3.63) is 11.8 Å². The fourth-order valence-corrected chi connectivity index (χ4v) is 8.48. The third-order valence-electron chi connectivity index (χ3n) is 10.3. The van der Waals surface area contributed by atoms with E-state index in [1.165, 1.54) is 0 Å². The number of piperidine rings is 2. The summed E-state index contributed by atoms with van der Waals surface area (Å²) in [5, 5.41) is 14.2. The van der Waals surface area contributed by atoms with Gasteiger partial charge in [0.25, 0.3) is 0 Å². The fraction of sp³-hybridized carbons (Fsp3) is 0.889. The van der Waals surface area contributed by atoms with Crippen molar-refractivity contribution >= 4 is 22.5 Å². The molecule has 2 bridgehead atoms. The molecule has 1 N–H and O–H groups in total. The van der Waals surface area contributed by atoms with Crippen molar-refractivity contribution in [2.45, 2.75) is 174 Å². The molecule has 0 radical (unpaired) electrons. The molecule has 3 fully saturated rings. The van der Waals surface area contributed by atoms with Crippen molar-refractivity contribution < 1.29 is 35.7 Å². The highest BCUT2D eigenvalue weighted by molar-refractivity contribution is 7.81. The van der Waals surface area contributed by atoms with Crippen LogP contribution in [0, 0.1) is 0 Å². The molecule has 3 aliphatic heterocycles. The van der Waals surface area contributed by atoms with E-state index in [2.05, 4.69) is 48.1 Å². The van der Waals surface area contributed by atoms with Gasteiger partial charge in [0.2, 0.25) is 11.8 Å². The zero-order valence-electron chi connectivity index (χ0n) is 32.7. The summed E-state index contributed by atoms with van der Waals surface area (Å²) in [5.41, 5.74) is -0.964. The molecule has 52 heavy (non-hydrogen) atoms. The van der Waals surface area contributed by atoms with Crippen molar-refractivity contribution in [3.8, 4) is 0 Å². The number of carbonyl (C=O) groups is 2. The van der Waals surface area contributed by atoms with Gasteiger partial charge in [-0.25, -0.2) is 9.59 Å². The molecule has 4 rings (SSSR count). The van der Waals surface area contributed by atoms with E-state index in [0.717, 1.165) is 102 Å². The lowest BCUT2D eigenvalue weighted by molar-refractivity contribution is -0.172. The van der Waals surface area contributed by atoms with Crippen LogP contribution in [0.2, 0.25) is 0 Å². The third-order valence-corrected chi connectivity index (χ3v) is 11.0. The predicted octanol–water partition coefficient (Wildman–Crippen LogP) is 6.67. The number of carbonyl (C=O) groups excluding carboxylic acids is 2. The minimum atomic E-state index is -4.61. The SMILES string of the molecule is CCCCN(OS(=O)(=O)ON1C(=O)N2C[C@@H]1CC[C@H]2c1nnc(CCN2CCC(NC(=O)OC(C)(C)C)CC2)o1)C(CCC)(CCCC)CCCC. The first-order chi connectivity index (χ1) is 24.7. The Morgan fingerprint density at radius 3 is 2.23 bits per heavy atom. The number of rotatable bonds is 21. The maximum atomic E-state index is 13.7. The van der Waals surface area contributed by atoms with Gasteiger partial charge in [0.05, 0.1) is 6.04 Å². The summed E-state index contributed by atoms with van der Waals surface area (Å²) in [4.78, 5) is 29.6. The Kier molecular flexibility index (Phi) is 15.6. The van der Waals surface area contributed by atoms with E-state index in [0.29, 0.717) is 37.6 Å². The van der Waals surface area contributed by atoms with Crippen molar-refractivity contribution in [2.75, 3.05) is 32.7 Å². The van der Waals surface area contributed by atoms with Crippen LogP contribution in [0.4, 0.5) is 9.59 Å². The number of urea groups is 1. The van der Waals surface area contributed by atoms with E-state index in [1.54, 1.807) is 9.96 Å². The van der Waals surface area contributed by atoms with Gasteiger partial charge in [-0.2, -0.15) is 22.8 Å². The highest BCUT2D eigenvalue weighted by Gasteiger charge is 2.50. The number of unbranched alkanes of at least 4 members (excludes halogenated alkanes) is 3. The number of amides is 3. The van der Waals surface area contributed by atoms with Gasteiger partial charge < -0.3 is 24.3 Å². The maximum Gasteiger partial charge on any atom is 0.437 e. The fourth-order valence-electron chi connectivity index (χ4n) is 7.62. The number of hydroxylamine groups is 4. The minimum Gasteiger partial charge on any atom is -0.444 e. The second kappa shape index (κ2) is 19.2. The van der Waals surface area contributed by atoms with Gasteiger partial charge in [-0.05, 0) is 72.1 Å². The molecule has 298 valence electrons. The molecule has 1 aromatic heterocycles. The molecule has 0 aromatic carbocycles. The van der Waals surface area contributed by atoms with Gasteiger partial charge in [0, 0.05) is 50.7 Å². The third kappa shape index (κ3) is 11.7. The number of nitrogens with zero attached hydrogens (tertiary/aromatic N) is 6. The Hall–Kier alpha value is -2.53. The molecule has 0 saturated carbocycles. The normalized spacial score (nSPS) is 20.7. The van der Waals surface area contributed by atoms with Crippen molar-refractivity contribution in [1.29, 1.82) is 0 Å². The highest BCUT2D eigenvalue weighted by atomic mass is 32.3. The first-order valence-electron chi connectivity index (χ1n) is 19.8. The number of aromatic nitrogens is 2. The molecule has 1 aromatic rings. The lowest BCUT2D eigenvalue weighted by Gasteiger charge is -2.43. The lowest BCUT2D eigenvalue weighted by Crippen LogP contribution is -2.51. The van der Waals surface area contributed by atoms with E-state index in [9.17, 15) is 18.0 Å². The molecule has 3 amide bonds. The van der Waals surface area contributed by atoms with Crippen LogP contribution in [0.5, 0.6) is 0 Å². The Morgan fingerprint density at radius 2 is 1.62 bits per heavy atom. The molecule has 3 saturated heterocycles. The Balaban J connectivity index is 1.33. The summed E-state index contributed by atoms with van der Waals surface area (Å²) >= 11 is 0. The summed E-state index contributed by atoms with van der Waals surface area (Å²) in [7, 11) is -4.61. The van der Waals surface area contributed by atoms with Crippen LogP contribution in [0.3, 0.4) is 0 Å². The zero-order valence-corrected chi connectivity index (χ0v) is 33.5. The standard InChI is InChI=1S/C36H65N7O8S/c1-8-12-21-36(20-11-4,22-13-9-2)42(23-14-10-3)50-52(46,47)51-43-29-15-16-30(41(27-29)34(43)45)32-39-38-31(48-32)19-26-40-24-17-28(18-25-40)37-33(44)49-35(5,6)7/h28-30H,8-27H2,1-7H3,(H,37,44)/t29-,30-/m0/s1. The van der Waals surface area contributed by atoms with Crippen LogP contribution in [0.25, 0.3) is 0 Å². The number of alkyl carbamates (subject to hydrolysis) is 1. The molecular weight excluding hydrogens is 691 g/mol. The van der Waals surface area contributed by atoms with E-state index in [-0.39, 0.29) is 18.7 Å². The minimum absolute atomic E-state index is 0.0746. The summed E-state index contributed by atoms with van der Waals surface area (Å²) < 4.78 is 50.0. The second-order valence-electron chi connectivity index (χ2n) is 15.7. The van der Waals surface area contributed by atoms with E-state index >= 15 is 0 Å². The van der Waals surface area contributed by atoms with Crippen LogP contribution >= 0.6 is 0 Å². The molecule has 3 aliphatic rings. The van der Waals surface area contributed by atoms with Gasteiger partial charge in [0.15, 0.2) is 0 Å². The van der Waals surface area contributed by atoms with Crippen LogP contribution in [0.15, 0.2) is 4.42 Å². The number of hydrogen-bond donors (Lipinski definition) is 1. The Labute approximate surface area is 311 Å². The van der Waals surface area contributed by atoms with Crippen LogP contribution in [-0.2, 0) is 30.1 Å². The molecule has 16 heteroatoms. The maximum absolute atomic E-state index is 13.7. The Bertz CT molecular complexity index is 1370. The molecule has 4 heterocycles. The average molecular weight is 756 g/mol. The van der Waals surface area contributed by atoms with Crippen molar-refractivity contribution in [1.82, 2.24) is 35.4 Å². The lowest BCUT2D eigenvalue weighted by atomic mass is 9.82. The summed E-state index contributed by atoms with van der Waals surface area (Å²) in [6.45, 7) is 17.1. The van der Waals surface area contributed by atoms with E-state index < -0.39 is 39.7 Å². The molecule has 0 aliphatic carbocycles. The van der Waals surface area contributed by atoms with Crippen LogP contribution in [-0.4, -0.2) is 107 Å². The van der Waals surface area contributed by atoms with Gasteiger partial charge in [-0.1, -0.05) is 66.2 Å². The number of hydrogen-bond acceptors (Lipinski definition) is 12. The largest absolute Gasteiger partial charge is 0.444 e. The summed E-state index contributed by atoms with van der Waals surface area (Å²) in [5.74, 6) is 0.820. The monoisotopic (exact) mass is 755 g/mol. The van der Waals surface area contributed by atoms with Crippen LogP contribution in [0.1, 0.15) is 156 Å². The summed E-state index contributed by atoms with van der Waals surface area (Å²) in [6, 6.07) is -1.40. The topological polar surface area (TPSA) is 160 Å². The molecule has 0 spiro atoms. The van der Waals surface area contributed by atoms with Crippen molar-refractivity contribution in [2.24, 2.45) is 0 Å². The van der Waals surface area contributed by atoms with E-state index in [4.69, 9.17) is 17.7 Å². The molecular formula is C36H65N7O8S. The first-order valence-corrected chi connectivity index (χ1v) is 21.1. The smallest absolute Gasteiger partial charge is 0.437 e. The van der Waals surface area contributed by atoms with Crippen LogP contribution < -0.4 is 5.32 Å². The summed E-state index contributed by atoms with van der Waals surface area (Å²) in [6.07, 6.45) is 11.8. The first kappa shape index (κ1) is 42.2. The van der Waals surface area contributed by atoms with Crippen molar-refractivity contribution in [3.63, 3.8) is 0 Å². The number of likely N-dealkylation sites (tertiary alicyclic amines) is 1. The van der Waals surface area contributed by atoms with Gasteiger partial charge in [-0.3, -0.25) is 0 Å². The average Bonchev–Trinajstić information content (AvgIpc) is 3.65. The Morgan fingerprint density at radius 1 is 0.942 bits per heavy atom. The quantitative estimate of drug-likeness (QED) is 0.133. The molecule has 2 atom stereocenters. The van der Waals surface area contributed by atoms with Gasteiger partial charge in [-0.15, -0.1) is 14.5 Å². The number of nitrogens with one attached hydrogen (secondary N) is 1. The predicted molar refractivity (Wildman–Crippen MR) is 196 cm³/mol. The number of fused-ring (bicyclic) bond motifs is 2. The highest BCUT2D eigenvalue weighted by Crippen LogP contribution is 2.39. The van der Waals surface area contributed by atoms with Gasteiger partial charge >= 0.3 is 22.5 Å². The number of ether oxygens (including phenoxy) is 1. The zero-order chi connectivity index (χ0) is 37.9. The molecule has 15 nitrogen and oxygen atoms in total. The second-order valence-corrected chi connectivity index (χ2v) is 16.9. The van der Waals surface area contributed by atoms with E-state index in [1.807, 2.05) is 20.8 Å². The van der Waals surface area contributed by atoms with Gasteiger partial charge in [0.1, 0.15) is 11.6 Å².